The van der Waals surface area contributed by atoms with E-state index in [1.54, 1.807) is 12.1 Å². The van der Waals surface area contributed by atoms with Crippen molar-refractivity contribution in [2.24, 2.45) is 7.05 Å². The number of rotatable bonds is 16. The van der Waals surface area contributed by atoms with Crippen LogP contribution in [0.3, 0.4) is 0 Å². The molecule has 10 N–H and O–H groups in total. The number of benzene rings is 1. The number of carbonyl (C=O) groups excluding carboxylic acids is 1. The minimum absolute atomic E-state index is 0.0527. The molecule has 0 unspecified atom stereocenters. The molecule has 5 rings (SSSR count). The number of ether oxygens (including phenoxy) is 6. The van der Waals surface area contributed by atoms with Crippen molar-refractivity contribution in [2.75, 3.05) is 26.4 Å². The van der Waals surface area contributed by atoms with Gasteiger partial charge in [0, 0.05) is 13.5 Å². The number of aromatic nitrogens is 2. The fraction of sp³-hybridized carbons (Fsp3) is 0.706. The van der Waals surface area contributed by atoms with Crippen molar-refractivity contribution in [3.8, 4) is 0 Å². The number of carbonyl (C=O) groups is 1. The summed E-state index contributed by atoms with van der Waals surface area (Å²) in [6.45, 7) is 1.30. The largest absolute Gasteiger partial charge is 0.394 e. The SMILES string of the molecule is CC(=O)N[C@H]1[C@H](OCCCNS(=O)(=O)c2ccc(Cn3cc[n+](C)c3)cc2)O[C@H](CO)[C@@H](O[C@@H]2O[C@H](CO)[C@H](O)[C@H](O)[C@H]2O)[C@@H]1O[C@H]1O[C@@H](C)[C@@H](O)[C@@H](O)[C@@H]1O. The molecule has 3 aliphatic rings. The summed E-state index contributed by atoms with van der Waals surface area (Å²) >= 11 is 0. The number of sulfonamides is 1. The Morgan fingerprint density at radius 2 is 1.45 bits per heavy atom. The number of amides is 1. The van der Waals surface area contributed by atoms with Crippen LogP contribution in [0.25, 0.3) is 0 Å². The average Bonchev–Trinajstić information content (AvgIpc) is 3.58. The first-order valence-corrected chi connectivity index (χ1v) is 19.6. The molecule has 4 heterocycles. The maximum absolute atomic E-state index is 13.0. The molecule has 0 spiro atoms. The smallest absolute Gasteiger partial charge is 0.243 e. The molecule has 0 bridgehead atoms. The van der Waals surface area contributed by atoms with E-state index < -0.39 is 121 Å². The maximum atomic E-state index is 13.0. The Kier molecular flexibility index (Phi) is 15.3. The van der Waals surface area contributed by atoms with Crippen molar-refractivity contribution >= 4 is 15.9 Å². The van der Waals surface area contributed by atoms with E-state index in [4.69, 9.17) is 28.4 Å². The van der Waals surface area contributed by atoms with Gasteiger partial charge in [0.1, 0.15) is 86.0 Å². The first-order chi connectivity index (χ1) is 26.5. The lowest BCUT2D eigenvalue weighted by Crippen LogP contribution is -2.69. The van der Waals surface area contributed by atoms with Gasteiger partial charge in [-0.25, -0.2) is 22.3 Å². The van der Waals surface area contributed by atoms with Crippen molar-refractivity contribution in [2.45, 2.75) is 124 Å². The highest BCUT2D eigenvalue weighted by Gasteiger charge is 2.54. The van der Waals surface area contributed by atoms with E-state index in [0.29, 0.717) is 6.54 Å². The zero-order valence-corrected chi connectivity index (χ0v) is 31.8. The van der Waals surface area contributed by atoms with E-state index >= 15 is 0 Å². The standard InChI is InChI=1S/C34H52N4O17S/c1-17-24(42)26(44)28(46)33(51-17)55-31-23(36-18(2)41)32(53-22(15-40)30(31)54-34-29(47)27(45)25(43)21(14-39)52-34)50-12-4-9-35-56(48,49)20-7-5-19(6-8-20)13-38-11-10-37(3)16-38/h5-8,10-11,16-17,21-35,39-40,42-47H,4,9,12-15H2,1-3H3/p+1/t17-,21+,22+,23+,24+,25-,26+,27-,28-,29+,30+,31+,32+,33+,34-/m0/s1. The number of hydrogen-bond donors (Lipinski definition) is 10. The van der Waals surface area contributed by atoms with Crippen LogP contribution in [-0.2, 0) is 56.8 Å². The van der Waals surface area contributed by atoms with Crippen molar-refractivity contribution in [3.63, 3.8) is 0 Å². The summed E-state index contributed by atoms with van der Waals surface area (Å²) in [4.78, 5) is 12.6. The Bertz CT molecular complexity index is 1670. The second-order valence-corrected chi connectivity index (χ2v) is 15.8. The van der Waals surface area contributed by atoms with Crippen LogP contribution < -0.4 is 14.6 Å². The highest BCUT2D eigenvalue weighted by atomic mass is 32.2. The number of nitrogens with zero attached hydrogens (tertiary/aromatic N) is 2. The van der Waals surface area contributed by atoms with Gasteiger partial charge in [-0.05, 0) is 31.0 Å². The van der Waals surface area contributed by atoms with Gasteiger partial charge in [-0.3, -0.25) is 4.79 Å². The van der Waals surface area contributed by atoms with Crippen LogP contribution in [0, 0.1) is 0 Å². The zero-order chi connectivity index (χ0) is 40.9. The fourth-order valence-electron chi connectivity index (χ4n) is 6.66. The van der Waals surface area contributed by atoms with Crippen molar-refractivity contribution in [3.05, 3.63) is 48.5 Å². The third-order valence-corrected chi connectivity index (χ3v) is 11.2. The van der Waals surface area contributed by atoms with E-state index in [-0.39, 0.29) is 24.5 Å². The molecule has 15 atom stereocenters. The van der Waals surface area contributed by atoms with Gasteiger partial charge in [0.05, 0.1) is 37.9 Å². The van der Waals surface area contributed by atoms with Crippen molar-refractivity contribution in [1.82, 2.24) is 14.6 Å². The number of aryl methyl sites for hydroxylation is 1. The van der Waals surface area contributed by atoms with Gasteiger partial charge in [-0.1, -0.05) is 12.1 Å². The quantitative estimate of drug-likeness (QED) is 0.0559. The molecule has 2 aromatic rings. The fourth-order valence-corrected chi connectivity index (χ4v) is 7.74. The number of imidazole rings is 1. The summed E-state index contributed by atoms with van der Waals surface area (Å²) < 4.78 is 67.6. The second kappa shape index (κ2) is 19.3. The van der Waals surface area contributed by atoms with E-state index in [2.05, 4.69) is 10.0 Å². The lowest BCUT2D eigenvalue weighted by atomic mass is 9.94. The molecule has 1 amide bonds. The highest BCUT2D eigenvalue weighted by molar-refractivity contribution is 7.89. The van der Waals surface area contributed by atoms with Gasteiger partial charge >= 0.3 is 0 Å². The lowest BCUT2D eigenvalue weighted by Gasteiger charge is -2.50. The third kappa shape index (κ3) is 10.5. The molecule has 21 nitrogen and oxygen atoms in total. The zero-order valence-electron chi connectivity index (χ0n) is 31.0. The lowest BCUT2D eigenvalue weighted by molar-refractivity contribution is -0.671. The van der Waals surface area contributed by atoms with Crippen LogP contribution in [0.4, 0.5) is 0 Å². The molecular formula is C34H53N4O17S+. The Balaban J connectivity index is 1.29. The first-order valence-electron chi connectivity index (χ1n) is 18.1. The molecule has 22 heteroatoms. The molecule has 0 saturated carbocycles. The number of aliphatic hydroxyl groups excluding tert-OH is 8. The average molecular weight is 822 g/mol. The predicted molar refractivity (Wildman–Crippen MR) is 186 cm³/mol. The third-order valence-electron chi connectivity index (χ3n) is 9.75. The molecular weight excluding hydrogens is 768 g/mol. The summed E-state index contributed by atoms with van der Waals surface area (Å²) in [5.41, 5.74) is 0.895. The van der Waals surface area contributed by atoms with Gasteiger partial charge < -0.3 is 74.6 Å². The topological polar surface area (TPSA) is 301 Å². The summed E-state index contributed by atoms with van der Waals surface area (Å²) in [6.07, 6.45) is -16.6. The molecule has 3 saturated heterocycles. The minimum atomic E-state index is -3.90. The summed E-state index contributed by atoms with van der Waals surface area (Å²) in [5, 5.41) is 85.7. The van der Waals surface area contributed by atoms with Gasteiger partial charge in [0.15, 0.2) is 18.9 Å². The molecule has 1 aromatic carbocycles. The predicted octanol–water partition coefficient (Wildman–Crippen LogP) is -5.33. The molecule has 0 aliphatic carbocycles. The van der Waals surface area contributed by atoms with Crippen molar-refractivity contribution < 1.29 is 87.1 Å². The maximum Gasteiger partial charge on any atom is 0.243 e. The summed E-state index contributed by atoms with van der Waals surface area (Å²) in [6, 6.07) is 5.06. The Morgan fingerprint density at radius 3 is 2.05 bits per heavy atom. The Hall–Kier alpha value is -2.75. The van der Waals surface area contributed by atoms with Gasteiger partial charge in [0.2, 0.25) is 22.3 Å². The highest BCUT2D eigenvalue weighted by Crippen LogP contribution is 2.34. The second-order valence-electron chi connectivity index (χ2n) is 14.0. The molecule has 1 aromatic heterocycles. The van der Waals surface area contributed by atoms with Crippen LogP contribution in [0.5, 0.6) is 0 Å². The molecule has 3 aliphatic heterocycles. The van der Waals surface area contributed by atoms with E-state index in [1.807, 2.05) is 34.9 Å². The van der Waals surface area contributed by atoms with Crippen LogP contribution in [0.15, 0.2) is 47.9 Å². The van der Waals surface area contributed by atoms with E-state index in [1.165, 1.54) is 19.1 Å². The van der Waals surface area contributed by atoms with Gasteiger partial charge in [-0.15, -0.1) is 0 Å². The van der Waals surface area contributed by atoms with Gasteiger partial charge in [0.25, 0.3) is 0 Å². The first kappa shape index (κ1) is 44.4. The number of aliphatic hydroxyl groups is 8. The molecule has 0 radical (unpaired) electrons. The Labute approximate surface area is 323 Å². The number of nitrogens with one attached hydrogen (secondary N) is 2. The van der Waals surface area contributed by atoms with E-state index in [9.17, 15) is 54.1 Å². The molecule has 316 valence electrons. The summed E-state index contributed by atoms with van der Waals surface area (Å²) in [5.74, 6) is -0.634. The van der Waals surface area contributed by atoms with Crippen LogP contribution >= 0.6 is 0 Å². The number of hydrogen-bond acceptors (Lipinski definition) is 17. The van der Waals surface area contributed by atoms with Crippen molar-refractivity contribution in [1.29, 1.82) is 0 Å². The molecule has 3 fully saturated rings. The van der Waals surface area contributed by atoms with Crippen LogP contribution in [0.2, 0.25) is 0 Å². The van der Waals surface area contributed by atoms with Crippen LogP contribution in [0.1, 0.15) is 25.8 Å². The normalized spacial score (nSPS) is 36.7. The Morgan fingerprint density at radius 1 is 0.839 bits per heavy atom. The molecule has 56 heavy (non-hydrogen) atoms. The minimum Gasteiger partial charge on any atom is -0.394 e. The van der Waals surface area contributed by atoms with E-state index in [0.717, 1.165) is 12.5 Å². The van der Waals surface area contributed by atoms with Gasteiger partial charge in [-0.2, -0.15) is 0 Å². The monoisotopic (exact) mass is 821 g/mol. The van der Waals surface area contributed by atoms with Crippen LogP contribution in [-0.4, -0.2) is 178 Å². The summed E-state index contributed by atoms with van der Waals surface area (Å²) in [7, 11) is -2.01.